The average molecular weight is 1400 g/mol. The van der Waals surface area contributed by atoms with Crippen LogP contribution in [0.1, 0.15) is 61.1 Å². The number of carbonyl (C=O) groups excluding carboxylic acids is 1. The van der Waals surface area contributed by atoms with Crippen molar-refractivity contribution in [1.29, 1.82) is 0 Å². The highest BCUT2D eigenvalue weighted by Gasteiger charge is 2.75. The molecule has 11 nitrogen and oxygen atoms in total. The van der Waals surface area contributed by atoms with Gasteiger partial charge in [0.05, 0.1) is 29.3 Å². The number of alkyl halides is 20. The van der Waals surface area contributed by atoms with Gasteiger partial charge in [-0.15, -0.1) is 0 Å². The lowest BCUT2D eigenvalue weighted by Gasteiger charge is -2.41. The molecule has 4 atom stereocenters. The van der Waals surface area contributed by atoms with Crippen LogP contribution in [-0.2, 0) is 28.7 Å². The van der Waals surface area contributed by atoms with Gasteiger partial charge in [-0.1, -0.05) is 72.8 Å². The molecule has 524 valence electrons. The lowest BCUT2D eigenvalue weighted by molar-refractivity contribution is -0.373. The van der Waals surface area contributed by atoms with Gasteiger partial charge >= 0.3 is 49.8 Å². The maximum absolute atomic E-state index is 15.0. The predicted molar refractivity (Wildman–Crippen MR) is 288 cm³/mol. The number of carbonyl (C=O) groups is 1. The Labute approximate surface area is 522 Å². The topological polar surface area (TPSA) is 171 Å². The van der Waals surface area contributed by atoms with Crippen molar-refractivity contribution in [2.45, 2.75) is 137 Å². The minimum Gasteiger partial charge on any atom is -0.488 e. The average Bonchev–Trinajstić information content (AvgIpc) is 0.752. The molecular formula is C60H54F24N4O7. The molecule has 8 N–H and O–H groups in total. The van der Waals surface area contributed by atoms with Crippen LogP contribution < -0.4 is 41.0 Å². The molecule has 0 aromatic heterocycles. The van der Waals surface area contributed by atoms with E-state index in [0.717, 1.165) is 30.3 Å². The number of nitrogens with two attached hydrogens (primary N) is 2. The second kappa shape index (κ2) is 29.2. The number of benzene rings is 6. The van der Waals surface area contributed by atoms with Gasteiger partial charge in [0.25, 0.3) is 11.2 Å². The summed E-state index contributed by atoms with van der Waals surface area (Å²) in [7, 11) is 0. The monoisotopic (exact) mass is 1400 g/mol. The van der Waals surface area contributed by atoms with E-state index in [-0.39, 0.29) is 28.8 Å². The zero-order valence-corrected chi connectivity index (χ0v) is 48.9. The van der Waals surface area contributed by atoms with Gasteiger partial charge in [-0.2, -0.15) is 87.8 Å². The van der Waals surface area contributed by atoms with Gasteiger partial charge < -0.3 is 51.3 Å². The van der Waals surface area contributed by atoms with E-state index < -0.39 is 185 Å². The molecular weight excluding hydrogens is 1340 g/mol. The molecule has 0 aliphatic rings. The number of halogens is 24. The lowest BCUT2D eigenvalue weighted by Crippen LogP contribution is -2.72. The Morgan fingerprint density at radius 2 is 0.811 bits per heavy atom. The van der Waals surface area contributed by atoms with Crippen LogP contribution in [0.25, 0.3) is 0 Å². The van der Waals surface area contributed by atoms with Crippen molar-refractivity contribution >= 4 is 5.91 Å². The molecule has 0 aliphatic heterocycles. The van der Waals surface area contributed by atoms with E-state index in [1.807, 2.05) is 5.32 Å². The Morgan fingerprint density at radius 3 is 1.16 bits per heavy atom. The van der Waals surface area contributed by atoms with Crippen LogP contribution in [0.15, 0.2) is 133 Å². The molecule has 6 aromatic carbocycles. The van der Waals surface area contributed by atoms with Crippen LogP contribution in [0, 0.1) is 23.3 Å². The summed E-state index contributed by atoms with van der Waals surface area (Å²) < 4.78 is 350. The first-order valence-electron chi connectivity index (χ1n) is 27.1. The quantitative estimate of drug-likeness (QED) is 0.0303. The summed E-state index contributed by atoms with van der Waals surface area (Å²) >= 11 is 0. The van der Waals surface area contributed by atoms with Gasteiger partial charge in [0.15, 0.2) is 23.1 Å². The highest BCUT2D eigenvalue weighted by atomic mass is 19.4. The first-order valence-corrected chi connectivity index (χ1v) is 27.1. The Morgan fingerprint density at radius 1 is 0.463 bits per heavy atom. The molecule has 2 unspecified atom stereocenters. The fourth-order valence-corrected chi connectivity index (χ4v) is 9.37. The molecule has 0 radical (unpaired) electrons. The van der Waals surface area contributed by atoms with Crippen molar-refractivity contribution in [3.05, 3.63) is 190 Å². The van der Waals surface area contributed by atoms with E-state index in [0.29, 0.717) is 30.3 Å². The summed E-state index contributed by atoms with van der Waals surface area (Å²) in [6, 6.07) is 14.8. The van der Waals surface area contributed by atoms with E-state index in [1.165, 1.54) is 88.4 Å². The second-order valence-electron chi connectivity index (χ2n) is 21.5. The van der Waals surface area contributed by atoms with Crippen LogP contribution in [0.4, 0.5) is 105 Å². The van der Waals surface area contributed by atoms with E-state index in [4.69, 9.17) is 20.9 Å². The van der Waals surface area contributed by atoms with E-state index in [9.17, 15) is 112 Å². The molecule has 0 fully saturated rings. The highest BCUT2D eigenvalue weighted by molar-refractivity contribution is 5.85. The zero-order valence-electron chi connectivity index (χ0n) is 48.9. The molecule has 1 amide bonds. The van der Waals surface area contributed by atoms with E-state index in [2.05, 4.69) is 14.8 Å². The van der Waals surface area contributed by atoms with Crippen LogP contribution in [0.3, 0.4) is 0 Å². The van der Waals surface area contributed by atoms with Gasteiger partial charge in [-0.05, 0) is 116 Å². The van der Waals surface area contributed by atoms with Crippen molar-refractivity contribution in [3.8, 4) is 23.0 Å². The van der Waals surface area contributed by atoms with Crippen LogP contribution >= 0.6 is 0 Å². The van der Waals surface area contributed by atoms with Crippen LogP contribution in [0.5, 0.6) is 23.0 Å². The van der Waals surface area contributed by atoms with Gasteiger partial charge in [0, 0.05) is 25.1 Å². The van der Waals surface area contributed by atoms with Crippen molar-refractivity contribution in [2.75, 3.05) is 6.54 Å². The van der Waals surface area contributed by atoms with Crippen LogP contribution in [0.2, 0.25) is 0 Å². The maximum Gasteiger partial charge on any atom is 0.461 e. The summed E-state index contributed by atoms with van der Waals surface area (Å²) in [6.45, 7) is 4.32. The van der Waals surface area contributed by atoms with Crippen molar-refractivity contribution in [2.24, 2.45) is 11.5 Å². The first kappa shape index (κ1) is 77.8. The summed E-state index contributed by atoms with van der Waals surface area (Å²) in [5.41, 5.74) is -7.61. The van der Waals surface area contributed by atoms with Crippen molar-refractivity contribution in [1.82, 2.24) is 10.6 Å². The summed E-state index contributed by atoms with van der Waals surface area (Å²) in [5, 5.41) is 24.0. The molecule has 0 saturated heterocycles. The van der Waals surface area contributed by atoms with Crippen molar-refractivity contribution < 1.29 is 139 Å². The maximum atomic E-state index is 15.0. The Balaban J connectivity index is 0.000000344. The third-order valence-corrected chi connectivity index (χ3v) is 13.9. The fraction of sp³-hybridized carbons (Fsp3) is 0.383. The molecule has 95 heavy (non-hydrogen) atoms. The SMILES string of the molecule is CC(C)Oc1cc([C@@](Cc2ccccc2)(NC(=O)C(N)C(O)(C(F)(F)F)C(F)(F)F)c2cc(F)cc(OC(F)(F)C(F)F)c2)ccc1F.CC(C)Oc1cc([C@@](Cc2ccccc2)(NCC(N)C(O)(C(F)(F)F)C(F)(F)F)c2cc(F)cc(OC(F)(F)C(F)F)c2)ccc1F. The molecule has 6 rings (SSSR count). The van der Waals surface area contributed by atoms with Gasteiger partial charge in [-0.3, -0.25) is 4.79 Å². The molecule has 0 bridgehead atoms. The number of nitrogens with one attached hydrogen (secondary N) is 2. The van der Waals surface area contributed by atoms with Gasteiger partial charge in [-0.25, -0.2) is 17.6 Å². The minimum atomic E-state index is -6.60. The lowest BCUT2D eigenvalue weighted by atomic mass is 9.77. The molecule has 35 heteroatoms. The van der Waals surface area contributed by atoms with E-state index >= 15 is 8.78 Å². The Kier molecular flexibility index (Phi) is 23.9. The molecule has 0 saturated carbocycles. The fourth-order valence-electron chi connectivity index (χ4n) is 9.37. The zero-order chi connectivity index (χ0) is 72.0. The molecule has 0 aliphatic carbocycles. The molecule has 6 aromatic rings. The number of aliphatic hydroxyl groups is 2. The predicted octanol–water partition coefficient (Wildman–Crippen LogP) is 14.0. The normalized spacial score (nSPS) is 15.0. The van der Waals surface area contributed by atoms with Crippen molar-refractivity contribution in [3.63, 3.8) is 0 Å². The second-order valence-corrected chi connectivity index (χ2v) is 21.5. The number of amides is 1. The number of rotatable bonds is 25. The van der Waals surface area contributed by atoms with Gasteiger partial charge in [0.1, 0.15) is 29.2 Å². The largest absolute Gasteiger partial charge is 0.488 e. The first-order chi connectivity index (χ1) is 43.5. The summed E-state index contributed by atoms with van der Waals surface area (Å²) in [5.74, 6) is -11.0. The van der Waals surface area contributed by atoms with Gasteiger partial charge in [0.2, 0.25) is 5.91 Å². The Bertz CT molecular complexity index is 3510. The number of hydrogen-bond donors (Lipinski definition) is 6. The Hall–Kier alpha value is -7.89. The smallest absolute Gasteiger partial charge is 0.461 e. The minimum absolute atomic E-state index is 0.0913. The number of ether oxygens (including phenoxy) is 4. The molecule has 0 spiro atoms. The standard InChI is InChI=1S/C30H26F12N2O4.C30H28F12N2O3/c1-15(2)47-22-12-17(8-9-21(22)32)26(14-16-6-4-3-5-7-16,18-10-19(31)13-20(11-18)48-28(35,36)25(33)34)44-24(45)23(43)27(46,29(37,38)39)30(40,41)42;1-16(2)46-23-12-18(8-9-22(23)32)26(14-17-6-4-3-5-7-17,44-15-24(43)27(45,29(37,38)39)30(40,41)42)19-10-20(31)13-21(11-19)47-28(35,36)25(33)34/h3-13,15,23,25,46H,14,43H2,1-2H3,(H,44,45);3-13,16,24-25,44-45H,14-15,43H2,1-2H3/t23?,26-;24?,26-/m11/s1. The third kappa shape index (κ3) is 17.8. The summed E-state index contributed by atoms with van der Waals surface area (Å²) in [4.78, 5) is 13.4. The van der Waals surface area contributed by atoms with Crippen LogP contribution in [-0.4, -0.2) is 108 Å². The highest BCUT2D eigenvalue weighted by Crippen LogP contribution is 2.48. The molecule has 0 heterocycles. The summed E-state index contributed by atoms with van der Waals surface area (Å²) in [6.07, 6.45) is -47.9. The number of hydrogen-bond acceptors (Lipinski definition) is 10. The van der Waals surface area contributed by atoms with E-state index in [1.54, 1.807) is 0 Å². The third-order valence-electron chi connectivity index (χ3n) is 13.9.